The molecule has 12 heteroatoms. The Morgan fingerprint density at radius 3 is 3.00 bits per heavy atom. The average Bonchev–Trinajstić information content (AvgIpc) is 3.40. The van der Waals surface area contributed by atoms with E-state index in [-0.39, 0.29) is 29.3 Å². The Bertz CT molecular complexity index is 1160. The van der Waals surface area contributed by atoms with Crippen molar-refractivity contribution in [2.75, 3.05) is 25.1 Å². The van der Waals surface area contributed by atoms with Crippen molar-refractivity contribution >= 4 is 34.7 Å². The number of Topliss-reactive ketones (excluding diaryl/α,β-unsaturated/α-hetero) is 1. The average molecular weight is 457 g/mol. The molecule has 0 radical (unpaired) electrons. The molecule has 0 unspecified atom stereocenters. The fourth-order valence-corrected chi connectivity index (χ4v) is 3.81. The third kappa shape index (κ3) is 5.15. The van der Waals surface area contributed by atoms with Gasteiger partial charge in [0.05, 0.1) is 12.3 Å². The van der Waals surface area contributed by atoms with Crippen LogP contribution in [-0.2, 0) is 16.1 Å². The summed E-state index contributed by atoms with van der Waals surface area (Å²) in [6.45, 7) is 0.515. The number of carboxylic acids is 1. The Morgan fingerprint density at radius 2 is 2.16 bits per heavy atom. The summed E-state index contributed by atoms with van der Waals surface area (Å²) in [5.74, 6) is -1.57. The van der Waals surface area contributed by atoms with Gasteiger partial charge in [0.15, 0.2) is 11.5 Å². The molecule has 0 fully saturated rings. The van der Waals surface area contributed by atoms with Crippen LogP contribution in [0, 0.1) is 0 Å². The van der Waals surface area contributed by atoms with Crippen LogP contribution in [0.5, 0.6) is 5.88 Å². The molecule has 0 aliphatic carbocycles. The molecule has 11 nitrogen and oxygen atoms in total. The molecule has 0 saturated carbocycles. The van der Waals surface area contributed by atoms with Gasteiger partial charge in [0.25, 0.3) is 5.91 Å². The zero-order valence-corrected chi connectivity index (χ0v) is 17.6. The number of carboxylic acid groups (broad SMARTS) is 1. The minimum absolute atomic E-state index is 0.00159. The fraction of sp³-hybridized carbons (Fsp3) is 0.300. The quantitative estimate of drug-likeness (QED) is 0.591. The Labute approximate surface area is 186 Å². The first-order valence-corrected chi connectivity index (χ1v) is 10.6. The topological polar surface area (TPSA) is 146 Å². The van der Waals surface area contributed by atoms with Crippen molar-refractivity contribution in [2.24, 2.45) is 0 Å². The Hall–Kier alpha value is -3.64. The molecule has 3 aromatic rings. The Balaban J connectivity index is 1.65. The van der Waals surface area contributed by atoms with Crippen LogP contribution in [-0.4, -0.2) is 62.3 Å². The van der Waals surface area contributed by atoms with Crippen molar-refractivity contribution in [1.29, 1.82) is 0 Å². The SMILES string of the molecule is O=C(O)Cn1cc2c(n1)C(=O)CCCOCCOc1cc(ccn1)-c1nc(cs1)C(=O)N2. The number of thiazole rings is 1. The molecule has 0 aromatic carbocycles. The number of aliphatic carboxylic acids is 1. The van der Waals surface area contributed by atoms with E-state index in [1.54, 1.807) is 23.7 Å². The lowest BCUT2D eigenvalue weighted by Gasteiger charge is -2.08. The van der Waals surface area contributed by atoms with Crippen LogP contribution in [0.3, 0.4) is 0 Å². The second-order valence-corrected chi connectivity index (χ2v) is 7.70. The van der Waals surface area contributed by atoms with Crippen molar-refractivity contribution < 1.29 is 29.0 Å². The first kappa shape index (κ1) is 21.6. The molecule has 0 saturated heterocycles. The van der Waals surface area contributed by atoms with Gasteiger partial charge in [-0.3, -0.25) is 19.1 Å². The minimum Gasteiger partial charge on any atom is -0.480 e. The van der Waals surface area contributed by atoms with E-state index in [1.807, 2.05) is 0 Å². The lowest BCUT2D eigenvalue weighted by Crippen LogP contribution is -2.15. The third-order valence-corrected chi connectivity index (χ3v) is 5.35. The molecule has 1 amide bonds. The normalized spacial score (nSPS) is 15.1. The van der Waals surface area contributed by atoms with Gasteiger partial charge in [-0.1, -0.05) is 0 Å². The number of anilines is 1. The molecule has 0 spiro atoms. The van der Waals surface area contributed by atoms with Crippen LogP contribution in [0.25, 0.3) is 10.6 Å². The molecule has 3 aromatic heterocycles. The van der Waals surface area contributed by atoms with E-state index in [2.05, 4.69) is 20.4 Å². The van der Waals surface area contributed by atoms with E-state index in [0.717, 1.165) is 10.2 Å². The number of hydrogen-bond acceptors (Lipinski definition) is 9. The number of ether oxygens (including phenoxy) is 2. The van der Waals surface area contributed by atoms with Crippen molar-refractivity contribution in [3.05, 3.63) is 41.3 Å². The second kappa shape index (κ2) is 9.66. The number of hydrogen-bond donors (Lipinski definition) is 2. The summed E-state index contributed by atoms with van der Waals surface area (Å²) in [5.41, 5.74) is 1.03. The van der Waals surface area contributed by atoms with E-state index in [0.29, 0.717) is 37.1 Å². The van der Waals surface area contributed by atoms with Gasteiger partial charge in [0.2, 0.25) is 5.88 Å². The van der Waals surface area contributed by atoms with E-state index in [4.69, 9.17) is 14.6 Å². The van der Waals surface area contributed by atoms with E-state index >= 15 is 0 Å². The second-order valence-electron chi connectivity index (χ2n) is 6.85. The van der Waals surface area contributed by atoms with Crippen LogP contribution in [0.4, 0.5) is 5.69 Å². The van der Waals surface area contributed by atoms with Crippen LogP contribution in [0.1, 0.15) is 33.8 Å². The van der Waals surface area contributed by atoms with Gasteiger partial charge in [-0.05, 0) is 12.5 Å². The standard InChI is InChI=1S/C20H19N5O6S/c26-15-2-1-5-30-6-7-31-16-8-12(3-4-21-16)20-23-14(11-32-20)19(29)22-13-9-25(10-17(27)28)24-18(13)15/h3-4,8-9,11H,1-2,5-7,10H2,(H,22,29)(H,27,28). The van der Waals surface area contributed by atoms with Gasteiger partial charge in [0.1, 0.15) is 23.9 Å². The highest BCUT2D eigenvalue weighted by molar-refractivity contribution is 7.13. The predicted molar refractivity (Wildman–Crippen MR) is 113 cm³/mol. The molecular formula is C20H19N5O6S. The van der Waals surface area contributed by atoms with Gasteiger partial charge in [0, 0.05) is 42.4 Å². The van der Waals surface area contributed by atoms with Crippen molar-refractivity contribution in [3.8, 4) is 16.5 Å². The number of pyridine rings is 1. The van der Waals surface area contributed by atoms with Crippen LogP contribution >= 0.6 is 11.3 Å². The Kier molecular flexibility index (Phi) is 6.52. The maximum atomic E-state index is 12.8. The largest absolute Gasteiger partial charge is 0.480 e. The molecule has 166 valence electrons. The van der Waals surface area contributed by atoms with E-state index in [1.165, 1.54) is 17.5 Å². The molecule has 4 bridgehead atoms. The highest BCUT2D eigenvalue weighted by Gasteiger charge is 2.21. The van der Waals surface area contributed by atoms with Gasteiger partial charge in [-0.15, -0.1) is 11.3 Å². The molecule has 4 rings (SSSR count). The molecule has 4 heterocycles. The molecule has 2 N–H and O–H groups in total. The van der Waals surface area contributed by atoms with Gasteiger partial charge in [-0.25, -0.2) is 9.97 Å². The summed E-state index contributed by atoms with van der Waals surface area (Å²) in [6, 6.07) is 3.49. The monoisotopic (exact) mass is 457 g/mol. The predicted octanol–water partition coefficient (Wildman–Crippen LogP) is 2.11. The number of carbonyl (C=O) groups excluding carboxylic acids is 2. The maximum absolute atomic E-state index is 12.8. The number of nitrogens with one attached hydrogen (secondary N) is 1. The smallest absolute Gasteiger partial charge is 0.325 e. The van der Waals surface area contributed by atoms with Crippen molar-refractivity contribution in [2.45, 2.75) is 19.4 Å². The molecular weight excluding hydrogens is 438 g/mol. The fourth-order valence-electron chi connectivity index (χ4n) is 3.02. The minimum atomic E-state index is -1.12. The third-order valence-electron chi connectivity index (χ3n) is 4.46. The number of amides is 1. The molecule has 1 aliphatic heterocycles. The summed E-state index contributed by atoms with van der Waals surface area (Å²) in [7, 11) is 0. The maximum Gasteiger partial charge on any atom is 0.325 e. The van der Waals surface area contributed by atoms with Gasteiger partial charge in [-0.2, -0.15) is 5.10 Å². The summed E-state index contributed by atoms with van der Waals surface area (Å²) >= 11 is 1.27. The number of rotatable bonds is 2. The van der Waals surface area contributed by atoms with E-state index < -0.39 is 18.4 Å². The lowest BCUT2D eigenvalue weighted by atomic mass is 10.1. The van der Waals surface area contributed by atoms with Crippen LogP contribution in [0.15, 0.2) is 29.9 Å². The zero-order chi connectivity index (χ0) is 22.5. The van der Waals surface area contributed by atoms with Crippen LogP contribution < -0.4 is 10.1 Å². The molecule has 1 aliphatic rings. The highest BCUT2D eigenvalue weighted by atomic mass is 32.1. The van der Waals surface area contributed by atoms with Gasteiger partial charge < -0.3 is 19.9 Å². The first-order chi connectivity index (χ1) is 15.5. The summed E-state index contributed by atoms with van der Waals surface area (Å²) < 4.78 is 12.2. The Morgan fingerprint density at radius 1 is 1.28 bits per heavy atom. The highest BCUT2D eigenvalue weighted by Crippen LogP contribution is 2.26. The summed E-state index contributed by atoms with van der Waals surface area (Å²) in [6.07, 6.45) is 3.48. The van der Waals surface area contributed by atoms with Crippen molar-refractivity contribution in [1.82, 2.24) is 19.7 Å². The van der Waals surface area contributed by atoms with Crippen molar-refractivity contribution in [3.63, 3.8) is 0 Å². The number of aromatic nitrogens is 4. The zero-order valence-electron chi connectivity index (χ0n) is 16.8. The number of nitrogens with zero attached hydrogens (tertiary/aromatic N) is 4. The van der Waals surface area contributed by atoms with Gasteiger partial charge >= 0.3 is 5.97 Å². The molecule has 32 heavy (non-hydrogen) atoms. The lowest BCUT2D eigenvalue weighted by molar-refractivity contribution is -0.137. The summed E-state index contributed by atoms with van der Waals surface area (Å²) in [4.78, 5) is 45.0. The summed E-state index contributed by atoms with van der Waals surface area (Å²) in [5, 5.41) is 17.9. The number of ketones is 1. The van der Waals surface area contributed by atoms with E-state index in [9.17, 15) is 14.4 Å². The number of carbonyl (C=O) groups is 3. The molecule has 0 atom stereocenters. The van der Waals surface area contributed by atoms with Crippen LogP contribution in [0.2, 0.25) is 0 Å². The first-order valence-electron chi connectivity index (χ1n) is 9.76. The number of fused-ring (bicyclic) bond motifs is 6.